The molecule has 0 bridgehead atoms. The van der Waals surface area contributed by atoms with Gasteiger partial charge in [-0.05, 0) is 6.92 Å². The van der Waals surface area contributed by atoms with Gasteiger partial charge in [-0.2, -0.15) is 0 Å². The lowest BCUT2D eigenvalue weighted by molar-refractivity contribution is -0.137. The Morgan fingerprint density at radius 2 is 2.46 bits per heavy atom. The van der Waals surface area contributed by atoms with Gasteiger partial charge in [-0.25, -0.2) is 0 Å². The Balaban J connectivity index is 2.25. The van der Waals surface area contributed by atoms with Crippen LogP contribution in [0.5, 0.6) is 0 Å². The van der Waals surface area contributed by atoms with E-state index in [1.165, 1.54) is 11.8 Å². The maximum atomic E-state index is 11.0. The standard InChI is InChI=1S/C9H14O3S/c1-6(7(2)10)5-13-8-3-4-12-9(8)11/h6,8H,3-5H2,1-2H3/t6-,8?/m0/s1. The van der Waals surface area contributed by atoms with Crippen molar-refractivity contribution in [3.63, 3.8) is 0 Å². The van der Waals surface area contributed by atoms with Crippen molar-refractivity contribution < 1.29 is 14.3 Å². The average Bonchev–Trinajstić information content (AvgIpc) is 2.47. The fraction of sp³-hybridized carbons (Fsp3) is 0.778. The van der Waals surface area contributed by atoms with Gasteiger partial charge < -0.3 is 4.74 Å². The molecule has 1 unspecified atom stereocenters. The van der Waals surface area contributed by atoms with Crippen molar-refractivity contribution in [2.45, 2.75) is 25.5 Å². The second-order valence-electron chi connectivity index (χ2n) is 3.29. The summed E-state index contributed by atoms with van der Waals surface area (Å²) in [5.41, 5.74) is 0. The number of hydrogen-bond acceptors (Lipinski definition) is 4. The molecule has 2 atom stereocenters. The minimum atomic E-state index is -0.124. The molecule has 1 heterocycles. The van der Waals surface area contributed by atoms with E-state index in [9.17, 15) is 9.59 Å². The van der Waals surface area contributed by atoms with E-state index in [1.807, 2.05) is 6.92 Å². The minimum Gasteiger partial charge on any atom is -0.465 e. The smallest absolute Gasteiger partial charge is 0.319 e. The molecule has 0 aromatic heterocycles. The van der Waals surface area contributed by atoms with Gasteiger partial charge in [-0.1, -0.05) is 6.92 Å². The lowest BCUT2D eigenvalue weighted by atomic mass is 10.1. The molecule has 3 nitrogen and oxygen atoms in total. The van der Waals surface area contributed by atoms with Crippen molar-refractivity contribution in [1.29, 1.82) is 0 Å². The van der Waals surface area contributed by atoms with Crippen molar-refractivity contribution in [2.75, 3.05) is 12.4 Å². The van der Waals surface area contributed by atoms with Crippen molar-refractivity contribution in [3.05, 3.63) is 0 Å². The Kier molecular flexibility index (Phi) is 3.78. The number of rotatable bonds is 4. The zero-order valence-electron chi connectivity index (χ0n) is 7.91. The summed E-state index contributed by atoms with van der Waals surface area (Å²) in [5.74, 6) is 0.813. The number of Topliss-reactive ketones (excluding diaryl/α,β-unsaturated/α-hetero) is 1. The minimum absolute atomic E-state index is 0.0400. The molecule has 0 aliphatic carbocycles. The van der Waals surface area contributed by atoms with Gasteiger partial charge in [0.1, 0.15) is 11.0 Å². The third-order valence-electron chi connectivity index (χ3n) is 2.13. The second kappa shape index (κ2) is 4.65. The van der Waals surface area contributed by atoms with Gasteiger partial charge in [0.25, 0.3) is 0 Å². The van der Waals surface area contributed by atoms with Crippen molar-refractivity contribution in [1.82, 2.24) is 0 Å². The van der Waals surface area contributed by atoms with Crippen LogP contribution in [0.2, 0.25) is 0 Å². The number of ether oxygens (including phenoxy) is 1. The van der Waals surface area contributed by atoms with Crippen LogP contribution in [0.15, 0.2) is 0 Å². The molecule has 0 aromatic rings. The first-order chi connectivity index (χ1) is 6.11. The maximum absolute atomic E-state index is 11.0. The highest BCUT2D eigenvalue weighted by Crippen LogP contribution is 2.23. The summed E-state index contributed by atoms with van der Waals surface area (Å²) in [6.45, 7) is 4.00. The largest absolute Gasteiger partial charge is 0.465 e. The van der Waals surface area contributed by atoms with Crippen molar-refractivity contribution >= 4 is 23.5 Å². The Morgan fingerprint density at radius 3 is 2.92 bits per heavy atom. The van der Waals surface area contributed by atoms with Crippen LogP contribution in [0.3, 0.4) is 0 Å². The number of hydrogen-bond donors (Lipinski definition) is 0. The lowest BCUT2D eigenvalue weighted by Gasteiger charge is -2.08. The number of carbonyl (C=O) groups is 2. The molecule has 0 saturated carbocycles. The van der Waals surface area contributed by atoms with Crippen LogP contribution < -0.4 is 0 Å². The van der Waals surface area contributed by atoms with E-state index in [0.29, 0.717) is 6.61 Å². The van der Waals surface area contributed by atoms with Gasteiger partial charge in [-0.15, -0.1) is 11.8 Å². The summed E-state index contributed by atoms with van der Waals surface area (Å²) in [4.78, 5) is 21.9. The Hall–Kier alpha value is -0.510. The van der Waals surface area contributed by atoms with Crippen molar-refractivity contribution in [3.8, 4) is 0 Å². The number of cyclic esters (lactones) is 1. The Labute approximate surface area is 82.2 Å². The SMILES string of the molecule is CC(=O)[C@@H](C)CSC1CCOC1=O. The highest BCUT2D eigenvalue weighted by Gasteiger charge is 2.27. The van der Waals surface area contributed by atoms with Crippen LogP contribution >= 0.6 is 11.8 Å². The highest BCUT2D eigenvalue weighted by molar-refractivity contribution is 8.00. The third-order valence-corrected chi connectivity index (χ3v) is 3.65. The summed E-state index contributed by atoms with van der Waals surface area (Å²) in [5, 5.41) is -0.0400. The predicted molar refractivity (Wildman–Crippen MR) is 51.7 cm³/mol. The molecular weight excluding hydrogens is 188 g/mol. The van der Waals surface area contributed by atoms with Gasteiger partial charge in [0.2, 0.25) is 0 Å². The molecule has 1 aliphatic heterocycles. The van der Waals surface area contributed by atoms with Crippen molar-refractivity contribution in [2.24, 2.45) is 5.92 Å². The molecule has 74 valence electrons. The first-order valence-corrected chi connectivity index (χ1v) is 5.45. The molecule has 0 spiro atoms. The number of ketones is 1. The summed E-state index contributed by atoms with van der Waals surface area (Å²) in [6.07, 6.45) is 0.786. The molecule has 0 aromatic carbocycles. The molecule has 0 radical (unpaired) electrons. The van der Waals surface area contributed by atoms with Gasteiger partial charge in [0.05, 0.1) is 6.61 Å². The topological polar surface area (TPSA) is 43.4 Å². The van der Waals surface area contributed by atoms with Crippen LogP contribution in [0.25, 0.3) is 0 Å². The first kappa shape index (κ1) is 10.6. The van der Waals surface area contributed by atoms with E-state index in [0.717, 1.165) is 12.2 Å². The zero-order valence-corrected chi connectivity index (χ0v) is 8.73. The van der Waals surface area contributed by atoms with Crippen LogP contribution in [0, 0.1) is 5.92 Å². The van der Waals surface area contributed by atoms with Gasteiger partial charge in [-0.3, -0.25) is 9.59 Å². The monoisotopic (exact) mass is 202 g/mol. The number of carbonyl (C=O) groups excluding carboxylic acids is 2. The quantitative estimate of drug-likeness (QED) is 0.644. The lowest BCUT2D eigenvalue weighted by Crippen LogP contribution is -2.15. The molecule has 0 N–H and O–H groups in total. The van der Waals surface area contributed by atoms with Gasteiger partial charge in [0, 0.05) is 18.1 Å². The summed E-state index contributed by atoms with van der Waals surface area (Å²) < 4.78 is 4.81. The Bertz CT molecular complexity index is 215. The van der Waals surface area contributed by atoms with Gasteiger partial charge in [0.15, 0.2) is 0 Å². The molecular formula is C9H14O3S. The van der Waals surface area contributed by atoms with E-state index < -0.39 is 0 Å². The average molecular weight is 202 g/mol. The van der Waals surface area contributed by atoms with Gasteiger partial charge >= 0.3 is 5.97 Å². The van der Waals surface area contributed by atoms with Crippen LogP contribution in [0.1, 0.15) is 20.3 Å². The van der Waals surface area contributed by atoms with E-state index in [4.69, 9.17) is 4.74 Å². The summed E-state index contributed by atoms with van der Waals surface area (Å²) >= 11 is 1.53. The van der Waals surface area contributed by atoms with Crippen LogP contribution in [-0.2, 0) is 14.3 Å². The van der Waals surface area contributed by atoms with Crippen LogP contribution in [-0.4, -0.2) is 29.4 Å². The predicted octanol–water partition coefficient (Wildman–Crippen LogP) is 1.26. The van der Waals surface area contributed by atoms with E-state index in [1.54, 1.807) is 6.92 Å². The normalized spacial score (nSPS) is 24.2. The zero-order chi connectivity index (χ0) is 9.84. The molecule has 0 amide bonds. The molecule has 1 fully saturated rings. The van der Waals surface area contributed by atoms with E-state index in [-0.39, 0.29) is 22.9 Å². The molecule has 13 heavy (non-hydrogen) atoms. The molecule has 4 heteroatoms. The maximum Gasteiger partial charge on any atom is 0.319 e. The highest BCUT2D eigenvalue weighted by atomic mass is 32.2. The second-order valence-corrected chi connectivity index (χ2v) is 4.53. The Morgan fingerprint density at radius 1 is 1.77 bits per heavy atom. The summed E-state index contributed by atoms with van der Waals surface area (Å²) in [6, 6.07) is 0. The summed E-state index contributed by atoms with van der Waals surface area (Å²) in [7, 11) is 0. The van der Waals surface area contributed by atoms with E-state index in [2.05, 4.69) is 0 Å². The fourth-order valence-corrected chi connectivity index (χ4v) is 2.23. The fourth-order valence-electron chi connectivity index (χ4n) is 1.01. The molecule has 1 saturated heterocycles. The van der Waals surface area contributed by atoms with Crippen LogP contribution in [0.4, 0.5) is 0 Å². The van der Waals surface area contributed by atoms with E-state index >= 15 is 0 Å². The number of thioether (sulfide) groups is 1. The first-order valence-electron chi connectivity index (χ1n) is 4.40. The molecule has 1 rings (SSSR count). The third kappa shape index (κ3) is 3.03. The number of esters is 1. The molecule has 1 aliphatic rings.